The number of hydrogen-bond donors (Lipinski definition) is 1. The molecule has 7 heteroatoms. The Bertz CT molecular complexity index is 1180. The van der Waals surface area contributed by atoms with Crippen molar-refractivity contribution in [1.82, 2.24) is 9.62 Å². The van der Waals surface area contributed by atoms with Crippen molar-refractivity contribution in [3.63, 3.8) is 0 Å². The summed E-state index contributed by atoms with van der Waals surface area (Å²) in [7, 11) is -3.43. The van der Waals surface area contributed by atoms with Crippen molar-refractivity contribution in [2.75, 3.05) is 13.1 Å². The molecule has 2 heterocycles. The average molecular weight is 455 g/mol. The molecule has 0 unspecified atom stereocenters. The Labute approximate surface area is 187 Å². The second-order valence-corrected chi connectivity index (χ2v) is 11.2. The zero-order chi connectivity index (χ0) is 22.0. The van der Waals surface area contributed by atoms with Crippen LogP contribution in [-0.2, 0) is 10.0 Å². The van der Waals surface area contributed by atoms with Crippen LogP contribution in [0.3, 0.4) is 0 Å². The molecule has 2 aromatic carbocycles. The van der Waals surface area contributed by atoms with Gasteiger partial charge in [-0.3, -0.25) is 4.79 Å². The lowest BCUT2D eigenvalue weighted by atomic mass is 10.1. The van der Waals surface area contributed by atoms with Gasteiger partial charge in [0.15, 0.2) is 0 Å². The number of thiophene rings is 1. The lowest BCUT2D eigenvalue weighted by Gasteiger charge is -2.15. The van der Waals surface area contributed by atoms with Gasteiger partial charge in [-0.2, -0.15) is 4.31 Å². The maximum atomic E-state index is 12.8. The quantitative estimate of drug-likeness (QED) is 0.570. The summed E-state index contributed by atoms with van der Waals surface area (Å²) in [6.45, 7) is 5.17. The van der Waals surface area contributed by atoms with Crippen molar-refractivity contribution in [2.45, 2.75) is 36.9 Å². The predicted octanol–water partition coefficient (Wildman–Crippen LogP) is 5.00. The van der Waals surface area contributed by atoms with Crippen LogP contribution in [0.2, 0.25) is 0 Å². The van der Waals surface area contributed by atoms with Gasteiger partial charge in [-0.15, -0.1) is 11.3 Å². The number of rotatable bonds is 6. The normalized spacial score (nSPS) is 15.7. The summed E-state index contributed by atoms with van der Waals surface area (Å²) >= 11 is 1.25. The van der Waals surface area contributed by atoms with Crippen LogP contribution in [0.4, 0.5) is 0 Å². The number of aryl methyl sites for hydroxylation is 1. The zero-order valence-electron chi connectivity index (χ0n) is 17.7. The van der Waals surface area contributed by atoms with Gasteiger partial charge in [0.05, 0.1) is 6.04 Å². The van der Waals surface area contributed by atoms with E-state index < -0.39 is 10.0 Å². The molecule has 31 heavy (non-hydrogen) atoms. The molecule has 0 radical (unpaired) electrons. The third kappa shape index (κ3) is 4.74. The molecular weight excluding hydrogens is 428 g/mol. The molecule has 5 nitrogen and oxygen atoms in total. The smallest absolute Gasteiger partial charge is 0.252 e. The molecule has 0 aliphatic carbocycles. The van der Waals surface area contributed by atoms with Crippen molar-refractivity contribution in [1.29, 1.82) is 0 Å². The first-order valence-electron chi connectivity index (χ1n) is 10.4. The van der Waals surface area contributed by atoms with Crippen LogP contribution in [0.15, 0.2) is 64.9 Å². The van der Waals surface area contributed by atoms with Crippen LogP contribution in [0.25, 0.3) is 10.4 Å². The van der Waals surface area contributed by atoms with E-state index in [0.717, 1.165) is 28.8 Å². The first-order valence-corrected chi connectivity index (χ1v) is 12.7. The molecule has 0 bridgehead atoms. The summed E-state index contributed by atoms with van der Waals surface area (Å²) in [4.78, 5) is 13.6. The van der Waals surface area contributed by atoms with E-state index in [9.17, 15) is 13.2 Å². The van der Waals surface area contributed by atoms with Crippen molar-refractivity contribution in [2.24, 2.45) is 0 Å². The molecule has 1 saturated heterocycles. The van der Waals surface area contributed by atoms with E-state index in [1.165, 1.54) is 16.9 Å². The van der Waals surface area contributed by atoms with Crippen LogP contribution in [0.1, 0.15) is 47.3 Å². The highest BCUT2D eigenvalue weighted by Crippen LogP contribution is 2.33. The summed E-state index contributed by atoms with van der Waals surface area (Å²) in [5.41, 5.74) is 3.61. The monoisotopic (exact) mass is 454 g/mol. The molecule has 1 N–H and O–H groups in total. The van der Waals surface area contributed by atoms with Crippen molar-refractivity contribution in [3.05, 3.63) is 77.4 Å². The Balaban J connectivity index is 1.51. The third-order valence-corrected chi connectivity index (χ3v) is 9.08. The second kappa shape index (κ2) is 8.94. The van der Waals surface area contributed by atoms with Gasteiger partial charge in [-0.1, -0.05) is 42.0 Å². The maximum Gasteiger partial charge on any atom is 0.252 e. The first-order chi connectivity index (χ1) is 14.8. The summed E-state index contributed by atoms with van der Waals surface area (Å²) in [5, 5.41) is 3.04. The number of nitrogens with zero attached hydrogens (tertiary/aromatic N) is 1. The van der Waals surface area contributed by atoms with Crippen LogP contribution >= 0.6 is 11.3 Å². The minimum absolute atomic E-state index is 0.115. The predicted molar refractivity (Wildman–Crippen MR) is 125 cm³/mol. The maximum absolute atomic E-state index is 12.8. The number of carbonyl (C=O) groups is 1. The molecule has 1 aromatic heterocycles. The van der Waals surface area contributed by atoms with Crippen molar-refractivity contribution in [3.8, 4) is 10.4 Å². The Morgan fingerprint density at radius 3 is 2.45 bits per heavy atom. The molecule has 4 rings (SSSR count). The van der Waals surface area contributed by atoms with Gasteiger partial charge >= 0.3 is 0 Å². The minimum Gasteiger partial charge on any atom is -0.346 e. The third-order valence-electron chi connectivity index (χ3n) is 5.57. The first kappa shape index (κ1) is 21.7. The Kier molecular flexibility index (Phi) is 6.27. The molecule has 3 aromatic rings. The summed E-state index contributed by atoms with van der Waals surface area (Å²) < 4.78 is 27.5. The number of carbonyl (C=O) groups excluding carboxylic acids is 1. The Morgan fingerprint density at radius 2 is 1.74 bits per heavy atom. The number of hydrogen-bond acceptors (Lipinski definition) is 4. The molecule has 1 atom stereocenters. The van der Waals surface area contributed by atoms with E-state index in [1.54, 1.807) is 16.4 Å². The number of benzene rings is 2. The van der Waals surface area contributed by atoms with Crippen molar-refractivity contribution >= 4 is 27.3 Å². The fraction of sp³-hybridized carbons (Fsp3) is 0.292. The highest BCUT2D eigenvalue weighted by atomic mass is 32.2. The van der Waals surface area contributed by atoms with Gasteiger partial charge in [-0.05, 0) is 62.1 Å². The minimum atomic E-state index is -3.43. The lowest BCUT2D eigenvalue weighted by Crippen LogP contribution is -2.27. The van der Waals surface area contributed by atoms with Gasteiger partial charge in [0.1, 0.15) is 4.21 Å². The van der Waals surface area contributed by atoms with Crippen molar-refractivity contribution < 1.29 is 13.2 Å². The summed E-state index contributed by atoms with van der Waals surface area (Å²) in [5.74, 6) is -0.156. The number of nitrogens with one attached hydrogen (secondary N) is 1. The molecule has 1 amide bonds. The van der Waals surface area contributed by atoms with E-state index in [1.807, 2.05) is 62.4 Å². The molecule has 0 spiro atoms. The molecule has 162 valence electrons. The molecule has 1 fully saturated rings. The van der Waals surface area contributed by atoms with Crippen LogP contribution in [0.5, 0.6) is 0 Å². The van der Waals surface area contributed by atoms with E-state index in [2.05, 4.69) is 5.32 Å². The van der Waals surface area contributed by atoms with Gasteiger partial charge in [0.2, 0.25) is 0 Å². The van der Waals surface area contributed by atoms with E-state index >= 15 is 0 Å². The average Bonchev–Trinajstić information content (AvgIpc) is 3.47. The fourth-order valence-electron chi connectivity index (χ4n) is 3.70. The topological polar surface area (TPSA) is 66.5 Å². The molecular formula is C24H26N2O3S2. The van der Waals surface area contributed by atoms with Crippen LogP contribution < -0.4 is 5.32 Å². The van der Waals surface area contributed by atoms with Gasteiger partial charge < -0.3 is 5.32 Å². The van der Waals surface area contributed by atoms with Gasteiger partial charge in [0, 0.05) is 23.5 Å². The highest BCUT2D eigenvalue weighted by molar-refractivity contribution is 7.91. The largest absolute Gasteiger partial charge is 0.346 e. The van der Waals surface area contributed by atoms with E-state index in [-0.39, 0.29) is 11.9 Å². The van der Waals surface area contributed by atoms with Crippen LogP contribution in [-0.4, -0.2) is 31.7 Å². The van der Waals surface area contributed by atoms with E-state index in [0.29, 0.717) is 22.9 Å². The SMILES string of the molecule is Cc1ccc([C@@H](C)NC(=O)c2cccc(-c3ccc(S(=O)(=O)N4CCCC4)s3)c2)cc1. The van der Waals surface area contributed by atoms with Gasteiger partial charge in [-0.25, -0.2) is 8.42 Å². The Hall–Kier alpha value is -2.48. The molecule has 0 saturated carbocycles. The lowest BCUT2D eigenvalue weighted by molar-refractivity contribution is 0.0940. The fourth-order valence-corrected chi connectivity index (χ4v) is 6.68. The number of amides is 1. The molecule has 1 aliphatic heterocycles. The van der Waals surface area contributed by atoms with Gasteiger partial charge in [0.25, 0.3) is 15.9 Å². The summed E-state index contributed by atoms with van der Waals surface area (Å²) in [6.07, 6.45) is 1.82. The standard InChI is InChI=1S/C24H26N2O3S2/c1-17-8-10-19(11-9-17)18(2)25-24(27)21-7-5-6-20(16-21)22-12-13-23(30-22)31(28,29)26-14-3-4-15-26/h5-13,16,18H,3-4,14-15H2,1-2H3,(H,25,27)/t18-/m1/s1. The number of sulfonamides is 1. The summed E-state index contributed by atoms with van der Waals surface area (Å²) in [6, 6.07) is 18.8. The van der Waals surface area contributed by atoms with E-state index in [4.69, 9.17) is 0 Å². The second-order valence-electron chi connectivity index (χ2n) is 7.92. The molecule has 1 aliphatic rings. The van der Waals surface area contributed by atoms with Crippen LogP contribution in [0, 0.1) is 6.92 Å². The highest BCUT2D eigenvalue weighted by Gasteiger charge is 2.28. The Morgan fingerprint density at radius 1 is 1.03 bits per heavy atom. The zero-order valence-corrected chi connectivity index (χ0v) is 19.3.